The van der Waals surface area contributed by atoms with Gasteiger partial charge in [-0.15, -0.1) is 0 Å². The minimum absolute atomic E-state index is 0.175. The van der Waals surface area contributed by atoms with Gasteiger partial charge in [0.05, 0.1) is 6.61 Å². The van der Waals surface area contributed by atoms with Gasteiger partial charge in [0.15, 0.2) is 0 Å². The van der Waals surface area contributed by atoms with Gasteiger partial charge in [-0.05, 0) is 30.7 Å². The third-order valence-corrected chi connectivity index (χ3v) is 4.21. The third kappa shape index (κ3) is 3.02. The van der Waals surface area contributed by atoms with Crippen LogP contribution in [-0.4, -0.2) is 30.2 Å². The van der Waals surface area contributed by atoms with Crippen LogP contribution >= 0.6 is 0 Å². The molecule has 108 valence electrons. The van der Waals surface area contributed by atoms with Crippen LogP contribution < -0.4 is 0 Å². The van der Waals surface area contributed by atoms with E-state index in [-0.39, 0.29) is 12.1 Å². The predicted molar refractivity (Wildman–Crippen MR) is 74.7 cm³/mol. The molecular weight excluding hydrogens is 254 g/mol. The van der Waals surface area contributed by atoms with E-state index in [4.69, 9.17) is 9.57 Å². The van der Waals surface area contributed by atoms with Crippen LogP contribution in [0.3, 0.4) is 0 Å². The Hall–Kier alpha value is -1.39. The smallest absolute Gasteiger partial charge is 0.302 e. The Morgan fingerprint density at radius 3 is 2.90 bits per heavy atom. The molecule has 2 heterocycles. The van der Waals surface area contributed by atoms with Crippen LogP contribution in [0.15, 0.2) is 30.3 Å². The van der Waals surface area contributed by atoms with Crippen LogP contribution in [-0.2, 0) is 14.4 Å². The highest BCUT2D eigenvalue weighted by molar-refractivity contribution is 5.65. The Labute approximate surface area is 119 Å². The minimum Gasteiger partial charge on any atom is -0.466 e. The summed E-state index contributed by atoms with van der Waals surface area (Å²) >= 11 is 0. The lowest BCUT2D eigenvalue weighted by Crippen LogP contribution is -2.38. The van der Waals surface area contributed by atoms with Crippen molar-refractivity contribution < 1.29 is 14.4 Å². The molecule has 1 aromatic rings. The first kappa shape index (κ1) is 13.6. The molecule has 3 atom stereocenters. The molecule has 0 amide bonds. The van der Waals surface area contributed by atoms with E-state index in [0.717, 1.165) is 25.8 Å². The molecule has 0 radical (unpaired) electrons. The molecule has 20 heavy (non-hydrogen) atoms. The lowest BCUT2D eigenvalue weighted by Gasteiger charge is -2.32. The van der Waals surface area contributed by atoms with Crippen molar-refractivity contribution >= 4 is 5.97 Å². The Kier molecular flexibility index (Phi) is 4.03. The van der Waals surface area contributed by atoms with Gasteiger partial charge in [0.25, 0.3) is 0 Å². The van der Waals surface area contributed by atoms with E-state index < -0.39 is 0 Å². The number of esters is 1. The highest BCUT2D eigenvalue weighted by Crippen LogP contribution is 2.39. The number of benzene rings is 1. The molecule has 4 heteroatoms. The van der Waals surface area contributed by atoms with Crippen LogP contribution in [0.25, 0.3) is 0 Å². The van der Waals surface area contributed by atoms with Crippen molar-refractivity contribution in [3.63, 3.8) is 0 Å². The zero-order chi connectivity index (χ0) is 13.9. The largest absolute Gasteiger partial charge is 0.466 e. The maximum absolute atomic E-state index is 10.9. The highest BCUT2D eigenvalue weighted by Gasteiger charge is 2.38. The molecule has 4 nitrogen and oxygen atoms in total. The summed E-state index contributed by atoms with van der Waals surface area (Å²) in [5.74, 6) is 0.288. The van der Waals surface area contributed by atoms with Gasteiger partial charge in [-0.3, -0.25) is 9.63 Å². The van der Waals surface area contributed by atoms with E-state index in [9.17, 15) is 4.79 Å². The fourth-order valence-corrected chi connectivity index (χ4v) is 3.17. The van der Waals surface area contributed by atoms with E-state index in [0.29, 0.717) is 18.6 Å². The molecular formula is C16H21NO3. The van der Waals surface area contributed by atoms with Crippen LogP contribution in [0, 0.1) is 5.92 Å². The first-order valence-corrected chi connectivity index (χ1v) is 7.34. The second-order valence-electron chi connectivity index (χ2n) is 5.73. The molecule has 1 aromatic carbocycles. The fourth-order valence-electron chi connectivity index (χ4n) is 3.17. The van der Waals surface area contributed by atoms with Crippen molar-refractivity contribution in [1.29, 1.82) is 0 Å². The maximum Gasteiger partial charge on any atom is 0.302 e. The van der Waals surface area contributed by atoms with E-state index >= 15 is 0 Å². The Morgan fingerprint density at radius 2 is 2.15 bits per heavy atom. The Bertz CT molecular complexity index is 462. The molecule has 2 saturated heterocycles. The average molecular weight is 275 g/mol. The highest BCUT2D eigenvalue weighted by atomic mass is 16.7. The van der Waals surface area contributed by atoms with Gasteiger partial charge in [-0.25, -0.2) is 0 Å². The van der Waals surface area contributed by atoms with Gasteiger partial charge < -0.3 is 4.74 Å². The molecule has 0 spiro atoms. The summed E-state index contributed by atoms with van der Waals surface area (Å²) in [6.45, 7) is 2.95. The fraction of sp³-hybridized carbons (Fsp3) is 0.562. The van der Waals surface area contributed by atoms with Crippen LogP contribution in [0.2, 0.25) is 0 Å². The summed E-state index contributed by atoms with van der Waals surface area (Å²) in [5.41, 5.74) is 1.25. The molecule has 0 bridgehead atoms. The monoisotopic (exact) mass is 275 g/mol. The Balaban J connectivity index is 1.57. The number of piperidine rings is 1. The summed E-state index contributed by atoms with van der Waals surface area (Å²) < 4.78 is 5.14. The van der Waals surface area contributed by atoms with Gasteiger partial charge >= 0.3 is 5.97 Å². The van der Waals surface area contributed by atoms with Crippen molar-refractivity contribution in [2.45, 2.75) is 38.3 Å². The van der Waals surface area contributed by atoms with E-state index in [1.807, 2.05) is 6.07 Å². The SMILES string of the molecule is CC(=O)OC[C@@H]1CCN2O[C@H](c3ccccc3)C[C@H]2C1. The Morgan fingerprint density at radius 1 is 1.35 bits per heavy atom. The number of fused-ring (bicyclic) bond motifs is 1. The number of nitrogens with zero attached hydrogens (tertiary/aromatic N) is 1. The van der Waals surface area contributed by atoms with E-state index in [2.05, 4.69) is 29.3 Å². The van der Waals surface area contributed by atoms with Crippen molar-refractivity contribution in [2.75, 3.05) is 13.2 Å². The molecule has 2 aliphatic rings. The molecule has 0 unspecified atom stereocenters. The lowest BCUT2D eigenvalue weighted by atomic mass is 9.90. The molecule has 0 aliphatic carbocycles. The first-order valence-electron chi connectivity index (χ1n) is 7.34. The van der Waals surface area contributed by atoms with E-state index in [1.165, 1.54) is 12.5 Å². The summed E-state index contributed by atoms with van der Waals surface area (Å²) in [4.78, 5) is 16.9. The maximum atomic E-state index is 10.9. The zero-order valence-electron chi connectivity index (χ0n) is 11.8. The molecule has 0 N–H and O–H groups in total. The van der Waals surface area contributed by atoms with Gasteiger partial charge in [-0.1, -0.05) is 30.3 Å². The van der Waals surface area contributed by atoms with Gasteiger partial charge in [0.2, 0.25) is 0 Å². The van der Waals surface area contributed by atoms with Crippen molar-refractivity contribution in [2.24, 2.45) is 5.92 Å². The van der Waals surface area contributed by atoms with Crippen molar-refractivity contribution in [3.05, 3.63) is 35.9 Å². The summed E-state index contributed by atoms with van der Waals surface area (Å²) in [6.07, 6.45) is 3.29. The number of hydrogen-bond donors (Lipinski definition) is 0. The summed E-state index contributed by atoms with van der Waals surface area (Å²) in [5, 5.41) is 2.13. The quantitative estimate of drug-likeness (QED) is 0.795. The van der Waals surface area contributed by atoms with E-state index in [1.54, 1.807) is 0 Å². The van der Waals surface area contributed by atoms with Crippen LogP contribution in [0.4, 0.5) is 0 Å². The second-order valence-corrected chi connectivity index (χ2v) is 5.73. The number of hydrogen-bond acceptors (Lipinski definition) is 4. The molecule has 2 fully saturated rings. The predicted octanol–water partition coefficient (Wildman–Crippen LogP) is 2.71. The summed E-state index contributed by atoms with van der Waals surface area (Å²) in [6, 6.07) is 10.8. The van der Waals surface area contributed by atoms with Gasteiger partial charge in [0.1, 0.15) is 6.10 Å². The number of hydroxylamine groups is 2. The van der Waals surface area contributed by atoms with Crippen molar-refractivity contribution in [1.82, 2.24) is 5.06 Å². The number of carbonyl (C=O) groups excluding carboxylic acids is 1. The zero-order valence-corrected chi connectivity index (χ0v) is 11.8. The first-order chi connectivity index (χ1) is 9.72. The minimum atomic E-state index is -0.183. The van der Waals surface area contributed by atoms with Crippen LogP contribution in [0.1, 0.15) is 37.9 Å². The molecule has 3 rings (SSSR count). The topological polar surface area (TPSA) is 38.8 Å². The molecule has 0 aromatic heterocycles. The number of carbonyl (C=O) groups is 1. The molecule has 0 saturated carbocycles. The van der Waals surface area contributed by atoms with Crippen LogP contribution in [0.5, 0.6) is 0 Å². The summed E-state index contributed by atoms with van der Waals surface area (Å²) in [7, 11) is 0. The second kappa shape index (κ2) is 5.94. The number of ether oxygens (including phenoxy) is 1. The standard InChI is InChI=1S/C16H21NO3/c1-12(18)19-11-13-7-8-17-15(9-13)10-16(20-17)14-5-3-2-4-6-14/h2-6,13,15-16H,7-11H2,1H3/t13-,15-,16+/m1/s1. The number of rotatable bonds is 3. The third-order valence-electron chi connectivity index (χ3n) is 4.21. The molecule has 2 aliphatic heterocycles. The van der Waals surface area contributed by atoms with Gasteiger partial charge in [0, 0.05) is 19.5 Å². The normalized spacial score (nSPS) is 29.9. The van der Waals surface area contributed by atoms with Crippen molar-refractivity contribution in [3.8, 4) is 0 Å². The lowest BCUT2D eigenvalue weighted by molar-refractivity contribution is -0.181. The van der Waals surface area contributed by atoms with Gasteiger partial charge in [-0.2, -0.15) is 5.06 Å². The average Bonchev–Trinajstić information content (AvgIpc) is 2.89.